The fraction of sp³-hybridized carbons (Fsp3) is 0.850. The van der Waals surface area contributed by atoms with Crippen molar-refractivity contribution < 1.29 is 19.4 Å². The molecule has 2 aliphatic heterocycles. The highest BCUT2D eigenvalue weighted by Gasteiger charge is 2.71. The van der Waals surface area contributed by atoms with E-state index in [1.165, 1.54) is 31.8 Å². The molecular weight excluding hydrogens is 304 g/mol. The van der Waals surface area contributed by atoms with Gasteiger partial charge in [0.15, 0.2) is 0 Å². The summed E-state index contributed by atoms with van der Waals surface area (Å²) in [7, 11) is 0. The Morgan fingerprint density at radius 3 is 2.67 bits per heavy atom. The number of aliphatic hydroxyl groups excluding tert-OH is 1. The van der Waals surface area contributed by atoms with E-state index in [0.29, 0.717) is 17.9 Å². The Hall–Kier alpha value is -0.870. The number of ether oxygens (including phenoxy) is 2. The highest BCUT2D eigenvalue weighted by atomic mass is 16.6. The molecule has 0 amide bonds. The Kier molecular flexibility index (Phi) is 3.51. The summed E-state index contributed by atoms with van der Waals surface area (Å²) >= 11 is 0. The van der Waals surface area contributed by atoms with E-state index in [2.05, 4.69) is 27.7 Å². The molecule has 4 nitrogen and oxygen atoms in total. The second-order valence-electron chi connectivity index (χ2n) is 9.21. The zero-order chi connectivity index (χ0) is 17.3. The standard InChI is InChI=1S/C20H30O4/c1-12-7-10-19(3)14(5-6-15-20(19,4)24-15)18(12,2)9-8-13-11-16(21)23-17(13)22/h11-12,14-15,17,22H,5-10H2,1-4H3/t12-,14-,15+,17+,18+,19-,20+/m1/s1. The smallest absolute Gasteiger partial charge is 0.333 e. The highest BCUT2D eigenvalue weighted by molar-refractivity contribution is 5.85. The average molecular weight is 334 g/mol. The molecule has 4 rings (SSSR count). The number of epoxide rings is 1. The van der Waals surface area contributed by atoms with Crippen LogP contribution in [0.3, 0.4) is 0 Å². The van der Waals surface area contributed by atoms with Crippen LogP contribution in [0.4, 0.5) is 0 Å². The van der Waals surface area contributed by atoms with Crippen molar-refractivity contribution in [2.75, 3.05) is 0 Å². The molecule has 0 bridgehead atoms. The van der Waals surface area contributed by atoms with E-state index in [9.17, 15) is 9.90 Å². The minimum atomic E-state index is -1.04. The zero-order valence-electron chi connectivity index (χ0n) is 15.3. The van der Waals surface area contributed by atoms with Gasteiger partial charge in [0.2, 0.25) is 6.29 Å². The first-order valence-electron chi connectivity index (χ1n) is 9.48. The molecule has 24 heavy (non-hydrogen) atoms. The first-order chi connectivity index (χ1) is 11.2. The van der Waals surface area contributed by atoms with Crippen LogP contribution < -0.4 is 0 Å². The number of rotatable bonds is 3. The first-order valence-corrected chi connectivity index (χ1v) is 9.48. The van der Waals surface area contributed by atoms with Crippen LogP contribution in [0.25, 0.3) is 0 Å². The molecule has 7 atom stereocenters. The molecule has 0 unspecified atom stereocenters. The average Bonchev–Trinajstić information content (AvgIpc) is 3.10. The molecule has 134 valence electrons. The molecule has 3 fully saturated rings. The number of carbonyl (C=O) groups is 1. The number of aliphatic hydroxyl groups is 1. The van der Waals surface area contributed by atoms with Gasteiger partial charge in [-0.3, -0.25) is 0 Å². The van der Waals surface area contributed by atoms with Gasteiger partial charge in [-0.1, -0.05) is 20.8 Å². The van der Waals surface area contributed by atoms with Gasteiger partial charge in [-0.2, -0.15) is 0 Å². The van der Waals surface area contributed by atoms with Crippen molar-refractivity contribution in [3.63, 3.8) is 0 Å². The molecule has 2 aliphatic carbocycles. The summed E-state index contributed by atoms with van der Waals surface area (Å²) in [6.45, 7) is 9.56. The molecule has 0 aromatic heterocycles. The summed E-state index contributed by atoms with van der Waals surface area (Å²) in [5.41, 5.74) is 1.25. The molecule has 2 saturated carbocycles. The van der Waals surface area contributed by atoms with E-state index in [1.54, 1.807) is 0 Å². The van der Waals surface area contributed by atoms with Crippen LogP contribution in [0.5, 0.6) is 0 Å². The molecule has 0 radical (unpaired) electrons. The number of esters is 1. The van der Waals surface area contributed by atoms with Crippen LogP contribution in [0.15, 0.2) is 11.6 Å². The zero-order valence-corrected chi connectivity index (χ0v) is 15.3. The number of carbonyl (C=O) groups excluding carboxylic acids is 1. The summed E-state index contributed by atoms with van der Waals surface area (Å²) in [4.78, 5) is 11.4. The minimum absolute atomic E-state index is 0.0581. The van der Waals surface area contributed by atoms with E-state index in [1.807, 2.05) is 0 Å². The molecule has 4 heteroatoms. The Balaban J connectivity index is 1.57. The van der Waals surface area contributed by atoms with E-state index < -0.39 is 12.3 Å². The third-order valence-electron chi connectivity index (χ3n) is 8.38. The van der Waals surface area contributed by atoms with Crippen LogP contribution in [0.1, 0.15) is 66.2 Å². The van der Waals surface area contributed by atoms with Gasteiger partial charge in [0, 0.05) is 17.1 Å². The van der Waals surface area contributed by atoms with Crippen LogP contribution in [-0.4, -0.2) is 29.1 Å². The summed E-state index contributed by atoms with van der Waals surface area (Å²) in [5, 5.41) is 9.88. The monoisotopic (exact) mass is 334 g/mol. The molecule has 0 aromatic rings. The number of hydrogen-bond donors (Lipinski definition) is 1. The highest BCUT2D eigenvalue weighted by Crippen LogP contribution is 2.70. The summed E-state index contributed by atoms with van der Waals surface area (Å²) < 4.78 is 11.0. The van der Waals surface area contributed by atoms with Gasteiger partial charge in [0.25, 0.3) is 0 Å². The maximum atomic E-state index is 11.4. The van der Waals surface area contributed by atoms with E-state index >= 15 is 0 Å². The van der Waals surface area contributed by atoms with E-state index in [0.717, 1.165) is 18.4 Å². The van der Waals surface area contributed by atoms with Crippen molar-refractivity contribution in [2.45, 2.75) is 84.2 Å². The topological polar surface area (TPSA) is 59.1 Å². The second-order valence-corrected chi connectivity index (χ2v) is 9.21. The lowest BCUT2D eigenvalue weighted by Gasteiger charge is -2.59. The van der Waals surface area contributed by atoms with Crippen molar-refractivity contribution in [1.82, 2.24) is 0 Å². The molecule has 4 aliphatic rings. The second kappa shape index (κ2) is 5.07. The van der Waals surface area contributed by atoms with Crippen molar-refractivity contribution in [3.8, 4) is 0 Å². The van der Waals surface area contributed by atoms with Crippen LogP contribution in [0.2, 0.25) is 0 Å². The van der Waals surface area contributed by atoms with Crippen LogP contribution in [-0.2, 0) is 14.3 Å². The maximum Gasteiger partial charge on any atom is 0.333 e. The Labute approximate surface area is 144 Å². The molecule has 2 heterocycles. The van der Waals surface area contributed by atoms with Crippen molar-refractivity contribution in [3.05, 3.63) is 11.6 Å². The molecule has 1 N–H and O–H groups in total. The van der Waals surface area contributed by atoms with Gasteiger partial charge >= 0.3 is 5.97 Å². The summed E-state index contributed by atoms with van der Waals surface area (Å²) in [6.07, 6.45) is 7.51. The number of fused-ring (bicyclic) bond motifs is 3. The molecule has 1 saturated heterocycles. The fourth-order valence-electron chi connectivity index (χ4n) is 6.22. The van der Waals surface area contributed by atoms with Gasteiger partial charge in [-0.25, -0.2) is 4.79 Å². The Morgan fingerprint density at radius 1 is 1.25 bits per heavy atom. The van der Waals surface area contributed by atoms with Gasteiger partial charge in [-0.15, -0.1) is 0 Å². The first kappa shape index (κ1) is 16.6. The third-order valence-corrected chi connectivity index (χ3v) is 8.38. The third kappa shape index (κ3) is 2.08. The largest absolute Gasteiger partial charge is 0.429 e. The Bertz CT molecular complexity index is 598. The lowest BCUT2D eigenvalue weighted by Crippen LogP contribution is -2.56. The summed E-state index contributed by atoms with van der Waals surface area (Å²) in [6, 6.07) is 0. The maximum absolute atomic E-state index is 11.4. The van der Waals surface area contributed by atoms with Crippen molar-refractivity contribution in [1.29, 1.82) is 0 Å². The SMILES string of the molecule is C[C@@H]1CC[C@]2(C)[C@H](CC[C@@H]3O[C@@]32C)[C@@]1(C)CCC1=CC(=O)O[C@@H]1O. The summed E-state index contributed by atoms with van der Waals surface area (Å²) in [5.74, 6) is 0.863. The molecule has 0 aromatic carbocycles. The minimum Gasteiger partial charge on any atom is -0.429 e. The predicted octanol–water partition coefficient (Wildman–Crippen LogP) is 3.58. The van der Waals surface area contributed by atoms with Gasteiger partial charge < -0.3 is 14.6 Å². The van der Waals surface area contributed by atoms with Crippen LogP contribution in [0, 0.1) is 22.7 Å². The van der Waals surface area contributed by atoms with Gasteiger partial charge in [-0.05, 0) is 62.7 Å². The number of cyclic esters (lactones) is 1. The lowest BCUT2D eigenvalue weighted by atomic mass is 9.44. The van der Waals surface area contributed by atoms with Crippen molar-refractivity contribution >= 4 is 5.97 Å². The number of hydrogen-bond acceptors (Lipinski definition) is 4. The fourth-order valence-corrected chi connectivity index (χ4v) is 6.22. The quantitative estimate of drug-likeness (QED) is 0.633. The van der Waals surface area contributed by atoms with Crippen LogP contribution >= 0.6 is 0 Å². The Morgan fingerprint density at radius 2 is 2.00 bits per heavy atom. The molecule has 0 spiro atoms. The van der Waals surface area contributed by atoms with E-state index in [4.69, 9.17) is 9.47 Å². The molecular formula is C20H30O4. The van der Waals surface area contributed by atoms with Gasteiger partial charge in [0.05, 0.1) is 11.7 Å². The van der Waals surface area contributed by atoms with Crippen molar-refractivity contribution in [2.24, 2.45) is 22.7 Å². The lowest BCUT2D eigenvalue weighted by molar-refractivity contribution is -0.151. The van der Waals surface area contributed by atoms with Gasteiger partial charge in [0.1, 0.15) is 0 Å². The van der Waals surface area contributed by atoms with E-state index in [-0.39, 0.29) is 16.4 Å². The normalized spacial score (nSPS) is 53.0. The predicted molar refractivity (Wildman–Crippen MR) is 90.0 cm³/mol.